The molecule has 1 N–H and O–H groups in total. The van der Waals surface area contributed by atoms with E-state index in [9.17, 15) is 0 Å². The van der Waals surface area contributed by atoms with Gasteiger partial charge in [0, 0.05) is 25.2 Å². The molecule has 0 radical (unpaired) electrons. The van der Waals surface area contributed by atoms with Crippen molar-refractivity contribution in [2.75, 3.05) is 19.6 Å². The number of nitrogens with zero attached hydrogens (tertiary/aromatic N) is 1. The quantitative estimate of drug-likeness (QED) is 0.810. The lowest BCUT2D eigenvalue weighted by Gasteiger charge is -2.35. The van der Waals surface area contributed by atoms with Crippen molar-refractivity contribution in [2.45, 2.75) is 65.0 Å². The summed E-state index contributed by atoms with van der Waals surface area (Å²) >= 11 is 0. The Balaban J connectivity index is 1.72. The predicted molar refractivity (Wildman–Crippen MR) is 74.2 cm³/mol. The molecule has 1 saturated carbocycles. The normalized spacial score (nSPS) is 39.7. The number of likely N-dealkylation sites (tertiary alicyclic amines) is 1. The second-order valence-electron chi connectivity index (χ2n) is 6.37. The van der Waals surface area contributed by atoms with Gasteiger partial charge in [0.2, 0.25) is 0 Å². The first-order chi connectivity index (χ1) is 8.20. The molecule has 2 nitrogen and oxygen atoms in total. The van der Waals surface area contributed by atoms with Crippen LogP contribution in [-0.4, -0.2) is 36.6 Å². The number of hydrogen-bond donors (Lipinski definition) is 1. The monoisotopic (exact) mass is 238 g/mol. The van der Waals surface area contributed by atoms with E-state index in [0.717, 1.165) is 23.9 Å². The van der Waals surface area contributed by atoms with E-state index in [1.807, 2.05) is 0 Å². The summed E-state index contributed by atoms with van der Waals surface area (Å²) in [6.45, 7) is 11.0. The maximum Gasteiger partial charge on any atom is 0.00966 e. The van der Waals surface area contributed by atoms with Gasteiger partial charge in [-0.05, 0) is 50.5 Å². The zero-order chi connectivity index (χ0) is 12.3. The lowest BCUT2D eigenvalue weighted by atomic mass is 9.90. The SMILES string of the molecule is CCCNC1CCC(N2CC(C)C(C)C2)CC1. The van der Waals surface area contributed by atoms with Gasteiger partial charge >= 0.3 is 0 Å². The molecule has 2 fully saturated rings. The van der Waals surface area contributed by atoms with Crippen molar-refractivity contribution in [3.8, 4) is 0 Å². The van der Waals surface area contributed by atoms with E-state index in [-0.39, 0.29) is 0 Å². The molecule has 2 aliphatic rings. The van der Waals surface area contributed by atoms with Gasteiger partial charge in [-0.15, -0.1) is 0 Å². The summed E-state index contributed by atoms with van der Waals surface area (Å²) in [5.74, 6) is 1.82. The van der Waals surface area contributed by atoms with E-state index in [4.69, 9.17) is 0 Å². The Bertz CT molecular complexity index is 211. The van der Waals surface area contributed by atoms with E-state index in [1.165, 1.54) is 51.7 Å². The Morgan fingerprint density at radius 2 is 1.59 bits per heavy atom. The molecule has 2 rings (SSSR count). The number of hydrogen-bond acceptors (Lipinski definition) is 2. The Hall–Kier alpha value is -0.0800. The van der Waals surface area contributed by atoms with Crippen molar-refractivity contribution in [3.63, 3.8) is 0 Å². The van der Waals surface area contributed by atoms with E-state index in [1.54, 1.807) is 0 Å². The summed E-state index contributed by atoms with van der Waals surface area (Å²) in [5, 5.41) is 3.68. The van der Waals surface area contributed by atoms with Crippen LogP contribution >= 0.6 is 0 Å². The average Bonchev–Trinajstić information content (AvgIpc) is 2.68. The van der Waals surface area contributed by atoms with Crippen LogP contribution in [-0.2, 0) is 0 Å². The minimum absolute atomic E-state index is 0.809. The van der Waals surface area contributed by atoms with Crippen molar-refractivity contribution in [3.05, 3.63) is 0 Å². The third-order valence-electron chi connectivity index (χ3n) is 4.91. The highest BCUT2D eigenvalue weighted by Crippen LogP contribution is 2.30. The highest BCUT2D eigenvalue weighted by Gasteiger charge is 2.32. The van der Waals surface area contributed by atoms with Gasteiger partial charge in [-0.1, -0.05) is 20.8 Å². The second-order valence-corrected chi connectivity index (χ2v) is 6.37. The molecule has 2 unspecified atom stereocenters. The van der Waals surface area contributed by atoms with Gasteiger partial charge in [0.1, 0.15) is 0 Å². The molecule has 1 saturated heterocycles. The van der Waals surface area contributed by atoms with Gasteiger partial charge in [0.25, 0.3) is 0 Å². The molecular formula is C15H30N2. The third-order valence-corrected chi connectivity index (χ3v) is 4.91. The fourth-order valence-electron chi connectivity index (χ4n) is 3.47. The first kappa shape index (κ1) is 13.4. The maximum atomic E-state index is 3.68. The zero-order valence-electron chi connectivity index (χ0n) is 11.9. The molecule has 100 valence electrons. The fraction of sp³-hybridized carbons (Fsp3) is 1.00. The largest absolute Gasteiger partial charge is 0.314 e. The summed E-state index contributed by atoms with van der Waals surface area (Å²) in [5.41, 5.74) is 0. The highest BCUT2D eigenvalue weighted by atomic mass is 15.2. The molecule has 0 aromatic rings. The van der Waals surface area contributed by atoms with Crippen LogP contribution in [0.3, 0.4) is 0 Å². The maximum absolute atomic E-state index is 3.68. The molecule has 2 heteroatoms. The Morgan fingerprint density at radius 1 is 1.00 bits per heavy atom. The molecule has 2 atom stereocenters. The van der Waals surface area contributed by atoms with Crippen LogP contribution in [0.5, 0.6) is 0 Å². The van der Waals surface area contributed by atoms with Crippen molar-refractivity contribution in [1.29, 1.82) is 0 Å². The third kappa shape index (κ3) is 3.45. The molecule has 1 aliphatic heterocycles. The first-order valence-corrected chi connectivity index (χ1v) is 7.68. The Labute approximate surface area is 107 Å². The fourth-order valence-corrected chi connectivity index (χ4v) is 3.47. The van der Waals surface area contributed by atoms with E-state index in [0.29, 0.717) is 0 Å². The minimum atomic E-state index is 0.809. The van der Waals surface area contributed by atoms with Crippen LogP contribution in [0, 0.1) is 11.8 Å². The summed E-state index contributed by atoms with van der Waals surface area (Å²) in [6, 6.07) is 1.70. The highest BCUT2D eigenvalue weighted by molar-refractivity contribution is 4.88. The van der Waals surface area contributed by atoms with Crippen LogP contribution in [0.4, 0.5) is 0 Å². The first-order valence-electron chi connectivity index (χ1n) is 7.68. The lowest BCUT2D eigenvalue weighted by Crippen LogP contribution is -2.41. The van der Waals surface area contributed by atoms with Crippen LogP contribution in [0.1, 0.15) is 52.9 Å². The Kier molecular flexibility index (Phi) is 4.87. The molecular weight excluding hydrogens is 208 g/mol. The van der Waals surface area contributed by atoms with E-state index < -0.39 is 0 Å². The zero-order valence-corrected chi connectivity index (χ0v) is 11.9. The van der Waals surface area contributed by atoms with Gasteiger partial charge in [-0.2, -0.15) is 0 Å². The van der Waals surface area contributed by atoms with Crippen molar-refractivity contribution in [1.82, 2.24) is 10.2 Å². The van der Waals surface area contributed by atoms with Gasteiger partial charge in [0.15, 0.2) is 0 Å². The van der Waals surface area contributed by atoms with Gasteiger partial charge in [-0.3, -0.25) is 4.90 Å². The van der Waals surface area contributed by atoms with Gasteiger partial charge < -0.3 is 5.32 Å². The standard InChI is InChI=1S/C15H30N2/c1-4-9-16-14-5-7-15(8-6-14)17-10-12(2)13(3)11-17/h12-16H,4-11H2,1-3H3. The molecule has 1 aliphatic carbocycles. The van der Waals surface area contributed by atoms with Crippen molar-refractivity contribution >= 4 is 0 Å². The van der Waals surface area contributed by atoms with Gasteiger partial charge in [0.05, 0.1) is 0 Å². The molecule has 0 aromatic carbocycles. The van der Waals surface area contributed by atoms with Crippen LogP contribution in [0.25, 0.3) is 0 Å². The topological polar surface area (TPSA) is 15.3 Å². The lowest BCUT2D eigenvalue weighted by molar-refractivity contribution is 0.167. The molecule has 1 heterocycles. The molecule has 0 bridgehead atoms. The Morgan fingerprint density at radius 3 is 2.12 bits per heavy atom. The van der Waals surface area contributed by atoms with E-state index in [2.05, 4.69) is 31.0 Å². The van der Waals surface area contributed by atoms with Crippen LogP contribution in [0.2, 0.25) is 0 Å². The molecule has 0 amide bonds. The predicted octanol–water partition coefficient (Wildman–Crippen LogP) is 2.89. The molecule has 17 heavy (non-hydrogen) atoms. The van der Waals surface area contributed by atoms with Gasteiger partial charge in [-0.25, -0.2) is 0 Å². The summed E-state index contributed by atoms with van der Waals surface area (Å²) in [4.78, 5) is 2.77. The second kappa shape index (κ2) is 6.19. The number of rotatable bonds is 4. The summed E-state index contributed by atoms with van der Waals surface area (Å²) < 4.78 is 0. The van der Waals surface area contributed by atoms with E-state index >= 15 is 0 Å². The van der Waals surface area contributed by atoms with Crippen LogP contribution in [0.15, 0.2) is 0 Å². The van der Waals surface area contributed by atoms with Crippen molar-refractivity contribution in [2.24, 2.45) is 11.8 Å². The average molecular weight is 238 g/mol. The number of nitrogens with one attached hydrogen (secondary N) is 1. The molecule has 0 spiro atoms. The van der Waals surface area contributed by atoms with Crippen LogP contribution < -0.4 is 5.32 Å². The van der Waals surface area contributed by atoms with Crippen molar-refractivity contribution < 1.29 is 0 Å². The summed E-state index contributed by atoms with van der Waals surface area (Å²) in [7, 11) is 0. The molecule has 0 aromatic heterocycles. The smallest absolute Gasteiger partial charge is 0.00966 e. The minimum Gasteiger partial charge on any atom is -0.314 e. The summed E-state index contributed by atoms with van der Waals surface area (Å²) in [6.07, 6.45) is 6.89.